The number of hydrogen-bond acceptors (Lipinski definition) is 3. The van der Waals surface area contributed by atoms with Gasteiger partial charge in [0.25, 0.3) is 11.8 Å². The van der Waals surface area contributed by atoms with E-state index in [1.54, 1.807) is 35.2 Å². The van der Waals surface area contributed by atoms with Gasteiger partial charge < -0.3 is 15.3 Å². The third kappa shape index (κ3) is 4.58. The second kappa shape index (κ2) is 8.45. The van der Waals surface area contributed by atoms with Gasteiger partial charge in [-0.3, -0.25) is 9.59 Å². The first-order valence-corrected chi connectivity index (χ1v) is 8.74. The van der Waals surface area contributed by atoms with Gasteiger partial charge in [0.05, 0.1) is 6.10 Å². The van der Waals surface area contributed by atoms with Crippen LogP contribution < -0.4 is 5.32 Å². The van der Waals surface area contributed by atoms with E-state index in [4.69, 9.17) is 0 Å². The minimum atomic E-state index is -0.362. The standard InChI is InChI=1S/C21H22N2O3/c24-18-11-13-23(14-12-18)21(26)19(15-16-7-3-1-4-8-16)22-20(25)17-9-5-2-6-10-17/h1-10,15,18,24H,11-14H2,(H,22,25)/b19-15-. The van der Waals surface area contributed by atoms with Gasteiger partial charge in [0.1, 0.15) is 5.70 Å². The van der Waals surface area contributed by atoms with Crippen LogP contribution in [-0.4, -0.2) is 41.0 Å². The maximum absolute atomic E-state index is 12.9. The van der Waals surface area contributed by atoms with E-state index in [2.05, 4.69) is 5.32 Å². The maximum Gasteiger partial charge on any atom is 0.270 e. The van der Waals surface area contributed by atoms with Crippen LogP contribution in [0.3, 0.4) is 0 Å². The number of aliphatic hydroxyl groups excluding tert-OH is 1. The Labute approximate surface area is 153 Å². The summed E-state index contributed by atoms with van der Waals surface area (Å²) in [7, 11) is 0. The molecule has 0 radical (unpaired) electrons. The Balaban J connectivity index is 1.83. The van der Waals surface area contributed by atoms with E-state index >= 15 is 0 Å². The summed E-state index contributed by atoms with van der Waals surface area (Å²) in [6.07, 6.45) is 2.43. The number of carbonyl (C=O) groups excluding carboxylic acids is 2. The third-order valence-electron chi connectivity index (χ3n) is 4.38. The van der Waals surface area contributed by atoms with Crippen LogP contribution in [0.15, 0.2) is 66.4 Å². The number of carbonyl (C=O) groups is 2. The van der Waals surface area contributed by atoms with Crippen molar-refractivity contribution >= 4 is 17.9 Å². The van der Waals surface area contributed by atoms with Crippen molar-refractivity contribution < 1.29 is 14.7 Å². The van der Waals surface area contributed by atoms with Crippen molar-refractivity contribution in [3.63, 3.8) is 0 Å². The number of hydrogen-bond donors (Lipinski definition) is 2. The van der Waals surface area contributed by atoms with Gasteiger partial charge in [0, 0.05) is 18.7 Å². The Morgan fingerprint density at radius 3 is 2.15 bits per heavy atom. The summed E-state index contributed by atoms with van der Waals surface area (Å²) in [5, 5.41) is 12.4. The second-order valence-corrected chi connectivity index (χ2v) is 6.31. The topological polar surface area (TPSA) is 69.6 Å². The Hall–Kier alpha value is -2.92. The zero-order valence-electron chi connectivity index (χ0n) is 14.5. The van der Waals surface area contributed by atoms with Crippen LogP contribution in [0.1, 0.15) is 28.8 Å². The van der Waals surface area contributed by atoms with Crippen molar-refractivity contribution in [3.8, 4) is 0 Å². The van der Waals surface area contributed by atoms with Crippen molar-refractivity contribution in [1.29, 1.82) is 0 Å². The molecule has 5 heteroatoms. The number of nitrogens with zero attached hydrogens (tertiary/aromatic N) is 1. The number of aliphatic hydroxyl groups is 1. The lowest BCUT2D eigenvalue weighted by Crippen LogP contribution is -2.43. The maximum atomic E-state index is 12.9. The quantitative estimate of drug-likeness (QED) is 0.832. The van der Waals surface area contributed by atoms with Crippen LogP contribution >= 0.6 is 0 Å². The van der Waals surface area contributed by atoms with Crippen LogP contribution in [0.2, 0.25) is 0 Å². The fraction of sp³-hybridized carbons (Fsp3) is 0.238. The van der Waals surface area contributed by atoms with E-state index in [1.807, 2.05) is 36.4 Å². The molecule has 0 atom stereocenters. The van der Waals surface area contributed by atoms with Gasteiger partial charge in [-0.1, -0.05) is 48.5 Å². The molecule has 1 saturated heterocycles. The molecule has 1 aliphatic heterocycles. The van der Waals surface area contributed by atoms with Gasteiger partial charge in [-0.2, -0.15) is 0 Å². The van der Waals surface area contributed by atoms with E-state index in [0.717, 1.165) is 5.56 Å². The molecule has 0 saturated carbocycles. The summed E-state index contributed by atoms with van der Waals surface area (Å²) in [5.74, 6) is -0.553. The largest absolute Gasteiger partial charge is 0.393 e. The molecular formula is C21H22N2O3. The fourth-order valence-corrected chi connectivity index (χ4v) is 2.89. The highest BCUT2D eigenvalue weighted by Gasteiger charge is 2.25. The predicted octanol–water partition coefficient (Wildman–Crippen LogP) is 2.44. The molecule has 1 aliphatic rings. The van der Waals surface area contributed by atoms with Crippen molar-refractivity contribution in [2.75, 3.05) is 13.1 Å². The monoisotopic (exact) mass is 350 g/mol. The van der Waals surface area contributed by atoms with Gasteiger partial charge in [-0.15, -0.1) is 0 Å². The minimum absolute atomic E-state index is 0.231. The average Bonchev–Trinajstić information content (AvgIpc) is 2.69. The highest BCUT2D eigenvalue weighted by atomic mass is 16.3. The van der Waals surface area contributed by atoms with Crippen LogP contribution in [0.4, 0.5) is 0 Å². The third-order valence-corrected chi connectivity index (χ3v) is 4.38. The molecular weight excluding hydrogens is 328 g/mol. The summed E-state index contributed by atoms with van der Waals surface area (Å²) < 4.78 is 0. The van der Waals surface area contributed by atoms with E-state index in [0.29, 0.717) is 31.5 Å². The molecule has 1 fully saturated rings. The van der Waals surface area contributed by atoms with Crippen LogP contribution in [0, 0.1) is 0 Å². The molecule has 2 aromatic carbocycles. The number of piperidine rings is 1. The first-order chi connectivity index (χ1) is 12.6. The number of rotatable bonds is 4. The first kappa shape index (κ1) is 17.9. The zero-order chi connectivity index (χ0) is 18.4. The molecule has 0 aromatic heterocycles. The van der Waals surface area contributed by atoms with Crippen molar-refractivity contribution in [1.82, 2.24) is 10.2 Å². The Kier molecular flexibility index (Phi) is 5.81. The molecule has 26 heavy (non-hydrogen) atoms. The Morgan fingerprint density at radius 1 is 0.962 bits per heavy atom. The molecule has 134 valence electrons. The SMILES string of the molecule is O=C(N/C(=C\c1ccccc1)C(=O)N1CCC(O)CC1)c1ccccc1. The van der Waals surface area contributed by atoms with Crippen molar-refractivity contribution in [2.45, 2.75) is 18.9 Å². The van der Waals surface area contributed by atoms with Gasteiger partial charge in [0.15, 0.2) is 0 Å². The van der Waals surface area contributed by atoms with E-state index in [1.165, 1.54) is 0 Å². The normalized spacial score (nSPS) is 15.6. The number of nitrogens with one attached hydrogen (secondary N) is 1. The van der Waals surface area contributed by atoms with E-state index in [-0.39, 0.29) is 23.6 Å². The Bertz CT molecular complexity index is 779. The summed E-state index contributed by atoms with van der Waals surface area (Å²) in [4.78, 5) is 27.1. The van der Waals surface area contributed by atoms with E-state index < -0.39 is 0 Å². The lowest BCUT2D eigenvalue weighted by atomic mass is 10.1. The molecule has 0 spiro atoms. The van der Waals surface area contributed by atoms with Gasteiger partial charge in [0.2, 0.25) is 0 Å². The van der Waals surface area contributed by atoms with Crippen molar-refractivity contribution in [3.05, 3.63) is 77.5 Å². The highest BCUT2D eigenvalue weighted by Crippen LogP contribution is 2.15. The molecule has 2 amide bonds. The average molecular weight is 350 g/mol. The predicted molar refractivity (Wildman–Crippen MR) is 100 cm³/mol. The molecule has 0 unspecified atom stereocenters. The molecule has 5 nitrogen and oxygen atoms in total. The molecule has 0 bridgehead atoms. The second-order valence-electron chi connectivity index (χ2n) is 6.31. The van der Waals surface area contributed by atoms with Gasteiger partial charge in [-0.05, 0) is 36.6 Å². The van der Waals surface area contributed by atoms with Gasteiger partial charge >= 0.3 is 0 Å². The lowest BCUT2D eigenvalue weighted by Gasteiger charge is -2.30. The van der Waals surface area contributed by atoms with Crippen LogP contribution in [0.5, 0.6) is 0 Å². The summed E-state index contributed by atoms with van der Waals surface area (Å²) in [5.41, 5.74) is 1.57. The molecule has 2 N–H and O–H groups in total. The molecule has 1 heterocycles. The number of benzene rings is 2. The number of amides is 2. The summed E-state index contributed by atoms with van der Waals surface area (Å²) >= 11 is 0. The summed E-state index contributed by atoms with van der Waals surface area (Å²) in [6.45, 7) is 0.959. The zero-order valence-corrected chi connectivity index (χ0v) is 14.5. The Morgan fingerprint density at radius 2 is 1.54 bits per heavy atom. The lowest BCUT2D eigenvalue weighted by molar-refractivity contribution is -0.129. The minimum Gasteiger partial charge on any atom is -0.393 e. The number of likely N-dealkylation sites (tertiary alicyclic amines) is 1. The van der Waals surface area contributed by atoms with Crippen LogP contribution in [-0.2, 0) is 4.79 Å². The molecule has 3 rings (SSSR count). The first-order valence-electron chi connectivity index (χ1n) is 8.74. The van der Waals surface area contributed by atoms with Crippen LogP contribution in [0.25, 0.3) is 6.08 Å². The van der Waals surface area contributed by atoms with Crippen molar-refractivity contribution in [2.24, 2.45) is 0 Å². The van der Waals surface area contributed by atoms with Gasteiger partial charge in [-0.25, -0.2) is 0 Å². The smallest absolute Gasteiger partial charge is 0.270 e. The highest BCUT2D eigenvalue weighted by molar-refractivity contribution is 6.05. The molecule has 0 aliphatic carbocycles. The fourth-order valence-electron chi connectivity index (χ4n) is 2.89. The van der Waals surface area contributed by atoms with E-state index in [9.17, 15) is 14.7 Å². The molecule has 2 aromatic rings. The summed E-state index contributed by atoms with van der Waals surface area (Å²) in [6, 6.07) is 18.2.